The Morgan fingerprint density at radius 2 is 2.00 bits per heavy atom. The Labute approximate surface area is 113 Å². The van der Waals surface area contributed by atoms with E-state index in [-0.39, 0.29) is 18.6 Å². The maximum Gasteiger partial charge on any atom is 0.329 e. The van der Waals surface area contributed by atoms with Gasteiger partial charge in [0, 0.05) is 19.6 Å². The minimum atomic E-state index is -0.958. The van der Waals surface area contributed by atoms with Crippen molar-refractivity contribution in [2.24, 2.45) is 11.1 Å². The van der Waals surface area contributed by atoms with E-state index in [4.69, 9.17) is 15.6 Å². The van der Waals surface area contributed by atoms with Crippen molar-refractivity contribution in [3.63, 3.8) is 0 Å². The van der Waals surface area contributed by atoms with Crippen LogP contribution < -0.4 is 5.73 Å². The van der Waals surface area contributed by atoms with Gasteiger partial charge >= 0.3 is 5.97 Å². The number of piperidine rings is 1. The number of carboxylic acid groups (broad SMARTS) is 1. The Bertz CT molecular complexity index is 321. The van der Waals surface area contributed by atoms with Crippen LogP contribution in [0, 0.1) is 5.41 Å². The number of hydrogen-bond acceptors (Lipinski definition) is 4. The number of carboxylic acids is 1. The number of hydrogen-bond donors (Lipinski definition) is 2. The van der Waals surface area contributed by atoms with E-state index < -0.39 is 11.4 Å². The highest BCUT2D eigenvalue weighted by atomic mass is 16.5. The Balaban J connectivity index is 2.45. The average Bonchev–Trinajstić information content (AvgIpc) is 2.44. The van der Waals surface area contributed by atoms with Crippen LogP contribution in [0.2, 0.25) is 0 Å². The van der Waals surface area contributed by atoms with Crippen molar-refractivity contribution in [1.29, 1.82) is 0 Å². The second-order valence-electron chi connectivity index (χ2n) is 5.31. The fourth-order valence-electron chi connectivity index (χ4n) is 2.18. The molecule has 6 heteroatoms. The van der Waals surface area contributed by atoms with Crippen LogP contribution in [0.1, 0.15) is 33.1 Å². The number of rotatable bonds is 6. The lowest BCUT2D eigenvalue weighted by atomic mass is 9.85. The molecule has 1 rings (SSSR count). The highest BCUT2D eigenvalue weighted by molar-refractivity contribution is 5.82. The van der Waals surface area contributed by atoms with Gasteiger partial charge in [-0.05, 0) is 26.2 Å². The van der Waals surface area contributed by atoms with Crippen LogP contribution in [0.15, 0.2) is 0 Å². The molecule has 1 heterocycles. The van der Waals surface area contributed by atoms with Gasteiger partial charge in [0.05, 0.1) is 11.5 Å². The van der Waals surface area contributed by atoms with Crippen molar-refractivity contribution in [2.75, 3.05) is 26.2 Å². The third-order valence-corrected chi connectivity index (χ3v) is 3.92. The highest BCUT2D eigenvalue weighted by Crippen LogP contribution is 2.25. The topological polar surface area (TPSA) is 92.9 Å². The molecule has 0 aromatic carbocycles. The molecular formula is C13H24N2O4. The summed E-state index contributed by atoms with van der Waals surface area (Å²) in [7, 11) is 0. The molecule has 1 saturated heterocycles. The van der Waals surface area contributed by atoms with Crippen LogP contribution in [0.25, 0.3) is 0 Å². The van der Waals surface area contributed by atoms with E-state index in [9.17, 15) is 9.59 Å². The molecule has 1 aliphatic rings. The smallest absolute Gasteiger partial charge is 0.329 e. The summed E-state index contributed by atoms with van der Waals surface area (Å²) in [5.41, 5.74) is 5.20. The van der Waals surface area contributed by atoms with Crippen molar-refractivity contribution >= 4 is 11.9 Å². The first-order valence-corrected chi connectivity index (χ1v) is 6.75. The summed E-state index contributed by atoms with van der Waals surface area (Å²) in [5.74, 6) is -0.866. The van der Waals surface area contributed by atoms with Crippen LogP contribution in [-0.4, -0.2) is 54.2 Å². The predicted octanol–water partition coefficient (Wildman–Crippen LogP) is 0.454. The standard InChI is InChI=1S/C13H24N2O4/c1-3-13(2,9-14)12(18)15-6-4-10(5-7-15)19-8-11(16)17/h10H,3-9,14H2,1-2H3,(H,16,17). The Hall–Kier alpha value is -1.14. The summed E-state index contributed by atoms with van der Waals surface area (Å²) in [6.45, 7) is 5.15. The van der Waals surface area contributed by atoms with Crippen molar-refractivity contribution in [2.45, 2.75) is 39.2 Å². The molecule has 0 bridgehead atoms. The van der Waals surface area contributed by atoms with Gasteiger partial charge in [0.1, 0.15) is 6.61 Å². The van der Waals surface area contributed by atoms with E-state index in [1.54, 1.807) is 0 Å². The first-order chi connectivity index (χ1) is 8.92. The normalized spacial score (nSPS) is 20.1. The van der Waals surface area contributed by atoms with E-state index >= 15 is 0 Å². The van der Waals surface area contributed by atoms with Gasteiger partial charge in [-0.25, -0.2) is 4.79 Å². The quantitative estimate of drug-likeness (QED) is 0.732. The molecule has 0 aromatic heterocycles. The summed E-state index contributed by atoms with van der Waals surface area (Å²) in [4.78, 5) is 24.6. The summed E-state index contributed by atoms with van der Waals surface area (Å²) in [5, 5.41) is 8.55. The molecule has 1 amide bonds. The molecule has 0 radical (unpaired) electrons. The first kappa shape index (κ1) is 15.9. The lowest BCUT2D eigenvalue weighted by Gasteiger charge is -2.37. The maximum absolute atomic E-state index is 12.4. The molecule has 0 aromatic rings. The second kappa shape index (κ2) is 6.86. The molecule has 19 heavy (non-hydrogen) atoms. The highest BCUT2D eigenvalue weighted by Gasteiger charge is 2.35. The van der Waals surface area contributed by atoms with Gasteiger partial charge < -0.3 is 20.5 Å². The minimum absolute atomic E-state index is 0.0640. The van der Waals surface area contributed by atoms with Gasteiger partial charge in [-0.15, -0.1) is 0 Å². The van der Waals surface area contributed by atoms with Gasteiger partial charge in [0.25, 0.3) is 0 Å². The fourth-order valence-corrected chi connectivity index (χ4v) is 2.18. The molecule has 110 valence electrons. The van der Waals surface area contributed by atoms with Gasteiger partial charge in [0.2, 0.25) is 5.91 Å². The lowest BCUT2D eigenvalue weighted by molar-refractivity contribution is -0.149. The van der Waals surface area contributed by atoms with E-state index in [1.807, 2.05) is 18.7 Å². The third-order valence-electron chi connectivity index (χ3n) is 3.92. The third kappa shape index (κ3) is 4.18. The zero-order valence-corrected chi connectivity index (χ0v) is 11.7. The van der Waals surface area contributed by atoms with Gasteiger partial charge in [-0.2, -0.15) is 0 Å². The molecule has 0 spiro atoms. The zero-order valence-electron chi connectivity index (χ0n) is 11.7. The molecular weight excluding hydrogens is 248 g/mol. The number of likely N-dealkylation sites (tertiary alicyclic amines) is 1. The Kier molecular flexibility index (Phi) is 5.75. The van der Waals surface area contributed by atoms with E-state index in [2.05, 4.69) is 0 Å². The number of carbonyl (C=O) groups is 2. The number of aliphatic carboxylic acids is 1. The second-order valence-corrected chi connectivity index (χ2v) is 5.31. The van der Waals surface area contributed by atoms with Gasteiger partial charge in [-0.1, -0.05) is 6.92 Å². The van der Waals surface area contributed by atoms with Gasteiger partial charge in [0.15, 0.2) is 0 Å². The average molecular weight is 272 g/mol. The number of amides is 1. The van der Waals surface area contributed by atoms with Crippen molar-refractivity contribution in [3.05, 3.63) is 0 Å². The number of nitrogens with two attached hydrogens (primary N) is 1. The van der Waals surface area contributed by atoms with E-state index in [1.165, 1.54) is 0 Å². The van der Waals surface area contributed by atoms with Crippen LogP contribution in [0.3, 0.4) is 0 Å². The molecule has 1 unspecified atom stereocenters. The van der Waals surface area contributed by atoms with Crippen molar-refractivity contribution in [3.8, 4) is 0 Å². The Morgan fingerprint density at radius 3 is 2.42 bits per heavy atom. The van der Waals surface area contributed by atoms with Crippen molar-refractivity contribution < 1.29 is 19.4 Å². The van der Waals surface area contributed by atoms with Crippen LogP contribution >= 0.6 is 0 Å². The summed E-state index contributed by atoms with van der Waals surface area (Å²) in [6, 6.07) is 0. The number of ether oxygens (including phenoxy) is 1. The monoisotopic (exact) mass is 272 g/mol. The van der Waals surface area contributed by atoms with Crippen LogP contribution in [0.5, 0.6) is 0 Å². The van der Waals surface area contributed by atoms with Gasteiger partial charge in [-0.3, -0.25) is 4.79 Å². The molecule has 1 fully saturated rings. The van der Waals surface area contributed by atoms with E-state index in [0.717, 1.165) is 6.42 Å². The van der Waals surface area contributed by atoms with Crippen LogP contribution in [-0.2, 0) is 14.3 Å². The SMILES string of the molecule is CCC(C)(CN)C(=O)N1CCC(OCC(=O)O)CC1. The largest absolute Gasteiger partial charge is 0.480 e. The fraction of sp³-hybridized carbons (Fsp3) is 0.846. The molecule has 1 aliphatic heterocycles. The van der Waals surface area contributed by atoms with Crippen molar-refractivity contribution in [1.82, 2.24) is 4.90 Å². The summed E-state index contributed by atoms with van der Waals surface area (Å²) < 4.78 is 5.25. The molecule has 3 N–H and O–H groups in total. The zero-order chi connectivity index (χ0) is 14.5. The number of carbonyl (C=O) groups excluding carboxylic acids is 1. The lowest BCUT2D eigenvalue weighted by Crippen LogP contribution is -2.49. The Morgan fingerprint density at radius 1 is 1.42 bits per heavy atom. The molecule has 0 aliphatic carbocycles. The first-order valence-electron chi connectivity index (χ1n) is 6.75. The summed E-state index contributed by atoms with van der Waals surface area (Å²) >= 11 is 0. The number of nitrogens with zero attached hydrogens (tertiary/aromatic N) is 1. The molecule has 0 saturated carbocycles. The molecule has 6 nitrogen and oxygen atoms in total. The van der Waals surface area contributed by atoms with E-state index in [0.29, 0.717) is 32.5 Å². The molecule has 1 atom stereocenters. The van der Waals surface area contributed by atoms with Crippen LogP contribution in [0.4, 0.5) is 0 Å². The maximum atomic E-state index is 12.4. The minimum Gasteiger partial charge on any atom is -0.480 e. The predicted molar refractivity (Wildman–Crippen MR) is 70.6 cm³/mol. The summed E-state index contributed by atoms with van der Waals surface area (Å²) in [6.07, 6.45) is 2.02.